The van der Waals surface area contributed by atoms with E-state index in [1.54, 1.807) is 31.3 Å². The third-order valence-electron chi connectivity index (χ3n) is 2.49. The van der Waals surface area contributed by atoms with Crippen LogP contribution in [0, 0.1) is 0 Å². The van der Waals surface area contributed by atoms with Crippen molar-refractivity contribution < 1.29 is 19.5 Å². The molecular formula is C12H16N4O4. The fourth-order valence-electron chi connectivity index (χ4n) is 1.50. The van der Waals surface area contributed by atoms with Crippen LogP contribution in [-0.4, -0.2) is 34.0 Å². The number of aliphatic carboxylic acids is 1. The zero-order valence-corrected chi connectivity index (χ0v) is 10.9. The summed E-state index contributed by atoms with van der Waals surface area (Å²) in [5, 5.41) is 13.6. The lowest BCUT2D eigenvalue weighted by Gasteiger charge is -2.17. The van der Waals surface area contributed by atoms with Crippen molar-refractivity contribution in [2.24, 2.45) is 5.73 Å². The number of carbonyl (C=O) groups is 3. The molecule has 0 saturated heterocycles. The summed E-state index contributed by atoms with van der Waals surface area (Å²) in [6, 6.07) is 2.76. The van der Waals surface area contributed by atoms with Crippen molar-refractivity contribution in [3.05, 3.63) is 30.1 Å². The number of carboxylic acids is 1. The molecule has 0 saturated carbocycles. The van der Waals surface area contributed by atoms with Crippen LogP contribution in [0.3, 0.4) is 0 Å². The number of hydrogen-bond donors (Lipinski definition) is 4. The van der Waals surface area contributed by atoms with Gasteiger partial charge in [-0.3, -0.25) is 9.78 Å². The lowest BCUT2D eigenvalue weighted by atomic mass is 10.2. The SMILES string of the molecule is CC(NC(=O)N[C@H](CC(N)=O)C(=O)O)c1ccccn1. The van der Waals surface area contributed by atoms with Gasteiger partial charge in [0.15, 0.2) is 0 Å². The van der Waals surface area contributed by atoms with Crippen molar-refractivity contribution >= 4 is 17.9 Å². The Morgan fingerprint density at radius 3 is 2.55 bits per heavy atom. The van der Waals surface area contributed by atoms with Crippen LogP contribution < -0.4 is 16.4 Å². The predicted octanol–water partition coefficient (Wildman–Crippen LogP) is -0.230. The molecule has 1 aromatic rings. The van der Waals surface area contributed by atoms with Gasteiger partial charge < -0.3 is 21.5 Å². The monoisotopic (exact) mass is 280 g/mol. The number of urea groups is 1. The number of primary amides is 1. The zero-order chi connectivity index (χ0) is 15.1. The quantitative estimate of drug-likeness (QED) is 0.571. The Kier molecular flexibility index (Phi) is 5.45. The van der Waals surface area contributed by atoms with Gasteiger partial charge in [0, 0.05) is 6.20 Å². The number of pyridine rings is 1. The Hall–Kier alpha value is -2.64. The van der Waals surface area contributed by atoms with Gasteiger partial charge in [0.05, 0.1) is 18.2 Å². The summed E-state index contributed by atoms with van der Waals surface area (Å²) in [4.78, 5) is 37.3. The summed E-state index contributed by atoms with van der Waals surface area (Å²) in [5.41, 5.74) is 5.54. The van der Waals surface area contributed by atoms with Crippen molar-refractivity contribution in [3.8, 4) is 0 Å². The maximum Gasteiger partial charge on any atom is 0.326 e. The Balaban J connectivity index is 2.57. The minimum Gasteiger partial charge on any atom is -0.480 e. The molecule has 8 heteroatoms. The molecule has 2 atom stereocenters. The van der Waals surface area contributed by atoms with Crippen LogP contribution in [0.25, 0.3) is 0 Å². The number of aromatic nitrogens is 1. The minimum absolute atomic E-state index is 0.403. The highest BCUT2D eigenvalue weighted by molar-refractivity contribution is 5.87. The first-order valence-electron chi connectivity index (χ1n) is 5.89. The fourth-order valence-corrected chi connectivity index (χ4v) is 1.50. The van der Waals surface area contributed by atoms with Gasteiger partial charge in [-0.15, -0.1) is 0 Å². The molecule has 1 heterocycles. The largest absolute Gasteiger partial charge is 0.480 e. The number of carbonyl (C=O) groups excluding carboxylic acids is 2. The van der Waals surface area contributed by atoms with E-state index in [9.17, 15) is 14.4 Å². The van der Waals surface area contributed by atoms with Crippen LogP contribution in [0.1, 0.15) is 25.1 Å². The average Bonchev–Trinajstić information content (AvgIpc) is 2.38. The number of rotatable bonds is 6. The van der Waals surface area contributed by atoms with E-state index in [0.717, 1.165) is 0 Å². The van der Waals surface area contributed by atoms with E-state index in [1.165, 1.54) is 0 Å². The molecule has 8 nitrogen and oxygen atoms in total. The Bertz CT molecular complexity index is 491. The van der Waals surface area contributed by atoms with Crippen LogP contribution in [0.5, 0.6) is 0 Å². The van der Waals surface area contributed by atoms with E-state index < -0.39 is 36.4 Å². The van der Waals surface area contributed by atoms with Gasteiger partial charge in [0.1, 0.15) is 6.04 Å². The van der Waals surface area contributed by atoms with Gasteiger partial charge in [-0.25, -0.2) is 9.59 Å². The lowest BCUT2D eigenvalue weighted by molar-refractivity contribution is -0.140. The summed E-state index contributed by atoms with van der Waals surface area (Å²) >= 11 is 0. The number of hydrogen-bond acceptors (Lipinski definition) is 4. The number of carboxylic acid groups (broad SMARTS) is 1. The average molecular weight is 280 g/mol. The summed E-state index contributed by atoms with van der Waals surface area (Å²) in [6.07, 6.45) is 1.11. The number of amides is 3. The third kappa shape index (κ3) is 4.92. The van der Waals surface area contributed by atoms with Gasteiger partial charge in [0.25, 0.3) is 0 Å². The van der Waals surface area contributed by atoms with E-state index in [1.807, 2.05) is 0 Å². The minimum atomic E-state index is -1.36. The molecule has 108 valence electrons. The van der Waals surface area contributed by atoms with E-state index in [2.05, 4.69) is 15.6 Å². The Labute approximate surface area is 115 Å². The van der Waals surface area contributed by atoms with Gasteiger partial charge in [0.2, 0.25) is 5.91 Å². The first-order valence-corrected chi connectivity index (χ1v) is 5.89. The van der Waals surface area contributed by atoms with Gasteiger partial charge in [-0.2, -0.15) is 0 Å². The number of nitrogens with one attached hydrogen (secondary N) is 2. The Morgan fingerprint density at radius 1 is 1.35 bits per heavy atom. The lowest BCUT2D eigenvalue weighted by Crippen LogP contribution is -2.48. The molecule has 5 N–H and O–H groups in total. The first-order chi connectivity index (χ1) is 9.40. The first kappa shape index (κ1) is 15.4. The van der Waals surface area contributed by atoms with E-state index >= 15 is 0 Å². The summed E-state index contributed by atoms with van der Waals surface area (Å²) in [5.74, 6) is -2.14. The van der Waals surface area contributed by atoms with Crippen molar-refractivity contribution in [2.75, 3.05) is 0 Å². The fraction of sp³-hybridized carbons (Fsp3) is 0.333. The second-order valence-electron chi connectivity index (χ2n) is 4.16. The highest BCUT2D eigenvalue weighted by Gasteiger charge is 2.22. The molecule has 1 unspecified atom stereocenters. The highest BCUT2D eigenvalue weighted by Crippen LogP contribution is 2.07. The number of nitrogens with two attached hydrogens (primary N) is 1. The highest BCUT2D eigenvalue weighted by atomic mass is 16.4. The molecule has 0 aliphatic rings. The third-order valence-corrected chi connectivity index (χ3v) is 2.49. The molecule has 0 spiro atoms. The molecule has 0 radical (unpaired) electrons. The van der Waals surface area contributed by atoms with E-state index in [-0.39, 0.29) is 0 Å². The Morgan fingerprint density at radius 2 is 2.05 bits per heavy atom. The maximum atomic E-state index is 11.7. The molecule has 0 fully saturated rings. The molecule has 0 aliphatic heterocycles. The molecule has 1 rings (SSSR count). The van der Waals surface area contributed by atoms with Crippen LogP contribution >= 0.6 is 0 Å². The zero-order valence-electron chi connectivity index (χ0n) is 10.9. The van der Waals surface area contributed by atoms with Crippen molar-refractivity contribution in [1.29, 1.82) is 0 Å². The molecular weight excluding hydrogens is 264 g/mol. The molecule has 0 aliphatic carbocycles. The molecule has 0 aromatic carbocycles. The van der Waals surface area contributed by atoms with Crippen LogP contribution in [-0.2, 0) is 9.59 Å². The summed E-state index contributed by atoms with van der Waals surface area (Å²) in [6.45, 7) is 1.70. The van der Waals surface area contributed by atoms with Crippen LogP contribution in [0.4, 0.5) is 4.79 Å². The normalized spacial score (nSPS) is 13.1. The smallest absolute Gasteiger partial charge is 0.326 e. The van der Waals surface area contributed by atoms with Crippen molar-refractivity contribution in [2.45, 2.75) is 25.4 Å². The maximum absolute atomic E-state index is 11.7. The van der Waals surface area contributed by atoms with E-state index in [4.69, 9.17) is 10.8 Å². The molecule has 3 amide bonds. The molecule has 1 aromatic heterocycles. The second kappa shape index (κ2) is 7.07. The summed E-state index contributed by atoms with van der Waals surface area (Å²) in [7, 11) is 0. The van der Waals surface area contributed by atoms with Crippen molar-refractivity contribution in [1.82, 2.24) is 15.6 Å². The van der Waals surface area contributed by atoms with Gasteiger partial charge in [-0.05, 0) is 19.1 Å². The molecule has 0 bridgehead atoms. The summed E-state index contributed by atoms with van der Waals surface area (Å²) < 4.78 is 0. The van der Waals surface area contributed by atoms with Gasteiger partial charge in [-0.1, -0.05) is 6.07 Å². The molecule has 20 heavy (non-hydrogen) atoms. The van der Waals surface area contributed by atoms with Crippen LogP contribution in [0.2, 0.25) is 0 Å². The number of nitrogens with zero attached hydrogens (tertiary/aromatic N) is 1. The van der Waals surface area contributed by atoms with E-state index in [0.29, 0.717) is 5.69 Å². The van der Waals surface area contributed by atoms with Crippen molar-refractivity contribution in [3.63, 3.8) is 0 Å². The second-order valence-corrected chi connectivity index (χ2v) is 4.16. The standard InChI is InChI=1S/C12H16N4O4/c1-7(8-4-2-3-5-14-8)15-12(20)16-9(11(18)19)6-10(13)17/h2-5,7,9H,6H2,1H3,(H2,13,17)(H,18,19)(H2,15,16,20)/t7?,9-/m1/s1. The van der Waals surface area contributed by atoms with Gasteiger partial charge >= 0.3 is 12.0 Å². The predicted molar refractivity (Wildman–Crippen MR) is 69.6 cm³/mol. The van der Waals surface area contributed by atoms with Crippen LogP contribution in [0.15, 0.2) is 24.4 Å². The topological polar surface area (TPSA) is 134 Å².